The van der Waals surface area contributed by atoms with Crippen molar-refractivity contribution in [2.45, 2.75) is 45.6 Å². The maximum atomic E-state index is 12.2. The van der Waals surface area contributed by atoms with Crippen LogP contribution in [0.1, 0.15) is 42.4 Å². The Balaban J connectivity index is 1.76. The molecular weight excluding hydrogens is 352 g/mol. The molecule has 0 aliphatic carbocycles. The molecule has 2 aliphatic rings. The summed E-state index contributed by atoms with van der Waals surface area (Å²) in [5.74, 6) is 1.85. The van der Waals surface area contributed by atoms with E-state index in [0.717, 1.165) is 41.2 Å². The summed E-state index contributed by atoms with van der Waals surface area (Å²) < 4.78 is 17.0. The third-order valence-electron chi connectivity index (χ3n) is 5.14. The Morgan fingerprint density at radius 1 is 1.27 bits per heavy atom. The number of aryl methyl sites for hydroxylation is 2. The Bertz CT molecular complexity index is 716. The van der Waals surface area contributed by atoms with Crippen LogP contribution in [0.3, 0.4) is 0 Å². The molecule has 0 spiro atoms. The minimum Gasteiger partial charge on any atom is -0.442 e. The smallest absolute Gasteiger partial charge is 0.414 e. The molecule has 7 heteroatoms. The van der Waals surface area contributed by atoms with Crippen LogP contribution >= 0.6 is 0 Å². The molecule has 6 nitrogen and oxygen atoms in total. The summed E-state index contributed by atoms with van der Waals surface area (Å²) in [7, 11) is -0.668. The first-order valence-electron chi connectivity index (χ1n) is 9.04. The van der Waals surface area contributed by atoms with Gasteiger partial charge in [-0.3, -0.25) is 13.9 Å². The molecule has 0 radical (unpaired) electrons. The van der Waals surface area contributed by atoms with Crippen molar-refractivity contribution in [2.75, 3.05) is 29.5 Å². The van der Waals surface area contributed by atoms with E-state index >= 15 is 0 Å². The van der Waals surface area contributed by atoms with Gasteiger partial charge >= 0.3 is 6.09 Å². The first-order chi connectivity index (χ1) is 12.3. The Morgan fingerprint density at radius 3 is 2.46 bits per heavy atom. The Labute approximate surface area is 156 Å². The van der Waals surface area contributed by atoms with Crippen LogP contribution in [0.25, 0.3) is 0 Å². The second-order valence-electron chi connectivity index (χ2n) is 7.17. The maximum absolute atomic E-state index is 12.2. The number of amides is 2. The van der Waals surface area contributed by atoms with Crippen molar-refractivity contribution in [3.63, 3.8) is 0 Å². The number of anilines is 1. The summed E-state index contributed by atoms with van der Waals surface area (Å²) in [5.41, 5.74) is 4.48. The molecule has 0 saturated carbocycles. The lowest BCUT2D eigenvalue weighted by molar-refractivity contribution is -0.119. The quantitative estimate of drug-likeness (QED) is 0.873. The average molecular weight is 378 g/mol. The number of benzene rings is 1. The zero-order chi connectivity index (χ0) is 18.8. The van der Waals surface area contributed by atoms with E-state index in [1.807, 2.05) is 12.1 Å². The summed E-state index contributed by atoms with van der Waals surface area (Å²) in [5, 5.41) is 2.69. The molecule has 2 saturated heterocycles. The predicted molar refractivity (Wildman–Crippen MR) is 102 cm³/mol. The largest absolute Gasteiger partial charge is 0.442 e. The molecule has 0 unspecified atom stereocenters. The summed E-state index contributed by atoms with van der Waals surface area (Å²) >= 11 is 0. The van der Waals surface area contributed by atoms with E-state index in [-0.39, 0.29) is 18.1 Å². The van der Waals surface area contributed by atoms with Gasteiger partial charge in [-0.1, -0.05) is 0 Å². The van der Waals surface area contributed by atoms with Gasteiger partial charge in [-0.05, 0) is 61.4 Å². The molecule has 1 aromatic rings. The highest BCUT2D eigenvalue weighted by Crippen LogP contribution is 2.35. The molecule has 0 aromatic heterocycles. The van der Waals surface area contributed by atoms with Crippen molar-refractivity contribution in [3.8, 4) is 0 Å². The number of carbonyl (C=O) groups is 2. The van der Waals surface area contributed by atoms with Crippen LogP contribution in [0.2, 0.25) is 0 Å². The number of nitrogens with zero attached hydrogens (tertiary/aromatic N) is 1. The normalized spacial score (nSPS) is 25.9. The highest BCUT2D eigenvalue weighted by Gasteiger charge is 2.33. The van der Waals surface area contributed by atoms with Crippen LogP contribution in [-0.4, -0.2) is 46.9 Å². The molecule has 2 heterocycles. The molecule has 3 rings (SSSR count). The van der Waals surface area contributed by atoms with E-state index in [9.17, 15) is 13.8 Å². The predicted octanol–water partition coefficient (Wildman–Crippen LogP) is 2.39. The Kier molecular flexibility index (Phi) is 5.65. The van der Waals surface area contributed by atoms with Gasteiger partial charge in [0.2, 0.25) is 5.91 Å². The third-order valence-corrected chi connectivity index (χ3v) is 6.52. The van der Waals surface area contributed by atoms with Crippen LogP contribution in [0, 0.1) is 13.8 Å². The van der Waals surface area contributed by atoms with Crippen molar-refractivity contribution >= 4 is 28.5 Å². The number of rotatable bonds is 4. The summed E-state index contributed by atoms with van der Waals surface area (Å²) in [4.78, 5) is 24.9. The molecule has 1 atom stereocenters. The zero-order valence-electron chi connectivity index (χ0n) is 15.5. The fourth-order valence-corrected chi connectivity index (χ4v) is 5.23. The molecule has 1 aromatic carbocycles. The monoisotopic (exact) mass is 378 g/mol. The van der Waals surface area contributed by atoms with Gasteiger partial charge in [-0.2, -0.15) is 0 Å². The molecular formula is C19H26N2O4S. The SMILES string of the molecule is CC(=O)NC[C@H]1CN(c2cc(C)c(C3CCS(=O)CC3)c(C)c2)C(=O)O1. The number of nitrogens with one attached hydrogen (secondary N) is 1. The topological polar surface area (TPSA) is 75.7 Å². The Hall–Kier alpha value is -1.89. The van der Waals surface area contributed by atoms with Crippen LogP contribution in [0.4, 0.5) is 10.5 Å². The second kappa shape index (κ2) is 7.78. The Morgan fingerprint density at radius 2 is 1.88 bits per heavy atom. The number of hydrogen-bond acceptors (Lipinski definition) is 4. The lowest BCUT2D eigenvalue weighted by atomic mass is 9.86. The first kappa shape index (κ1) is 18.9. The van der Waals surface area contributed by atoms with E-state index in [2.05, 4.69) is 19.2 Å². The highest BCUT2D eigenvalue weighted by molar-refractivity contribution is 7.85. The zero-order valence-corrected chi connectivity index (χ0v) is 16.4. The summed E-state index contributed by atoms with van der Waals surface area (Å²) in [6.45, 7) is 6.36. The molecule has 26 heavy (non-hydrogen) atoms. The molecule has 2 aliphatic heterocycles. The molecule has 1 N–H and O–H groups in total. The fourth-order valence-electron chi connectivity index (χ4n) is 3.93. The van der Waals surface area contributed by atoms with Crippen molar-refractivity contribution < 1.29 is 18.5 Å². The van der Waals surface area contributed by atoms with Crippen LogP contribution in [0.5, 0.6) is 0 Å². The van der Waals surface area contributed by atoms with Gasteiger partial charge in [0.25, 0.3) is 0 Å². The molecule has 0 bridgehead atoms. The van der Waals surface area contributed by atoms with Crippen molar-refractivity contribution in [1.82, 2.24) is 5.32 Å². The lowest BCUT2D eigenvalue weighted by Crippen LogP contribution is -2.33. The summed E-state index contributed by atoms with van der Waals surface area (Å²) in [6, 6.07) is 4.08. The number of carbonyl (C=O) groups excluding carboxylic acids is 2. The first-order valence-corrected chi connectivity index (χ1v) is 10.5. The molecule has 2 fully saturated rings. The molecule has 142 valence electrons. The number of cyclic esters (lactones) is 1. The van der Waals surface area contributed by atoms with Crippen molar-refractivity contribution in [2.24, 2.45) is 0 Å². The number of ether oxygens (including phenoxy) is 1. The summed E-state index contributed by atoms with van der Waals surface area (Å²) in [6.07, 6.45) is 1.20. The van der Waals surface area contributed by atoms with Gasteiger partial charge in [0.05, 0.1) is 13.1 Å². The van der Waals surface area contributed by atoms with Crippen LogP contribution in [0.15, 0.2) is 12.1 Å². The van der Waals surface area contributed by atoms with Crippen molar-refractivity contribution in [1.29, 1.82) is 0 Å². The standard InChI is InChI=1S/C19H26N2O4S/c1-12-8-16(21-11-17(25-19(21)23)10-20-14(3)22)9-13(2)18(12)15-4-6-26(24)7-5-15/h8-9,15,17H,4-7,10-11H2,1-3H3,(H,20,22)/t15?,17-,26?/m0/s1. The van der Waals surface area contributed by atoms with Gasteiger partial charge in [-0.15, -0.1) is 0 Å². The van der Waals surface area contributed by atoms with Crippen LogP contribution < -0.4 is 10.2 Å². The minimum absolute atomic E-state index is 0.135. The van der Waals surface area contributed by atoms with E-state index in [1.54, 1.807) is 4.90 Å². The van der Waals surface area contributed by atoms with Crippen molar-refractivity contribution in [3.05, 3.63) is 28.8 Å². The van der Waals surface area contributed by atoms with Crippen LogP contribution in [-0.2, 0) is 20.3 Å². The van der Waals surface area contributed by atoms with E-state index in [4.69, 9.17) is 4.74 Å². The lowest BCUT2D eigenvalue weighted by Gasteiger charge is -2.26. The number of hydrogen-bond donors (Lipinski definition) is 1. The fraction of sp³-hybridized carbons (Fsp3) is 0.579. The third kappa shape index (κ3) is 4.09. The van der Waals surface area contributed by atoms with Gasteiger partial charge in [0.1, 0.15) is 6.10 Å². The van der Waals surface area contributed by atoms with Gasteiger partial charge in [-0.25, -0.2) is 4.79 Å². The maximum Gasteiger partial charge on any atom is 0.414 e. The minimum atomic E-state index is -0.668. The van der Waals surface area contributed by atoms with E-state index < -0.39 is 10.8 Å². The average Bonchev–Trinajstić information content (AvgIpc) is 2.95. The van der Waals surface area contributed by atoms with E-state index in [1.165, 1.54) is 12.5 Å². The van der Waals surface area contributed by atoms with E-state index in [0.29, 0.717) is 19.0 Å². The van der Waals surface area contributed by atoms with Gasteiger partial charge in [0.15, 0.2) is 0 Å². The van der Waals surface area contributed by atoms with Gasteiger partial charge in [0, 0.05) is 34.9 Å². The highest BCUT2D eigenvalue weighted by atomic mass is 32.2. The molecule has 2 amide bonds. The second-order valence-corrected chi connectivity index (χ2v) is 8.87. The van der Waals surface area contributed by atoms with Gasteiger partial charge < -0.3 is 10.1 Å².